The molecule has 2 aromatic carbocycles. The Balaban J connectivity index is 2.13. The van der Waals surface area contributed by atoms with Crippen molar-refractivity contribution in [2.24, 2.45) is 5.92 Å². The van der Waals surface area contributed by atoms with Gasteiger partial charge in [0.25, 0.3) is 0 Å². The Labute approximate surface area is 151 Å². The number of benzene rings is 2. The van der Waals surface area contributed by atoms with E-state index in [4.69, 9.17) is 0 Å². The molecule has 2 heteroatoms. The number of hydrogen-bond acceptors (Lipinski definition) is 1. The Morgan fingerprint density at radius 3 is 1.76 bits per heavy atom. The number of carboxylic acid groups (broad SMARTS) is 1. The van der Waals surface area contributed by atoms with Crippen molar-refractivity contribution >= 4 is 5.97 Å². The van der Waals surface area contributed by atoms with Crippen LogP contribution >= 0.6 is 0 Å². The average molecular weight is 338 g/mol. The molecule has 2 aromatic rings. The molecule has 0 heterocycles. The molecule has 25 heavy (non-hydrogen) atoms. The molecule has 1 unspecified atom stereocenters. The van der Waals surface area contributed by atoms with Crippen LogP contribution in [0.5, 0.6) is 0 Å². The first-order chi connectivity index (χ1) is 12.2. The van der Waals surface area contributed by atoms with Crippen molar-refractivity contribution < 1.29 is 9.90 Å². The van der Waals surface area contributed by atoms with Gasteiger partial charge in [0.15, 0.2) is 0 Å². The van der Waals surface area contributed by atoms with Crippen LogP contribution in [0.2, 0.25) is 0 Å². The second kappa shape index (κ2) is 10.7. The Bertz CT molecular complexity index is 567. The molecule has 0 saturated heterocycles. The predicted molar refractivity (Wildman–Crippen MR) is 104 cm³/mol. The molecular weight excluding hydrogens is 308 g/mol. The third-order valence-corrected chi connectivity index (χ3v) is 4.91. The Morgan fingerprint density at radius 1 is 0.800 bits per heavy atom. The van der Waals surface area contributed by atoms with Gasteiger partial charge in [-0.25, -0.2) is 0 Å². The van der Waals surface area contributed by atoms with Crippen LogP contribution in [0.1, 0.15) is 68.9 Å². The van der Waals surface area contributed by atoms with Crippen molar-refractivity contribution in [1.29, 1.82) is 0 Å². The van der Waals surface area contributed by atoms with Crippen LogP contribution in [0.4, 0.5) is 0 Å². The molecule has 0 fully saturated rings. The lowest BCUT2D eigenvalue weighted by atomic mass is 9.78. The summed E-state index contributed by atoms with van der Waals surface area (Å²) in [5.74, 6) is -1.15. The summed E-state index contributed by atoms with van der Waals surface area (Å²) in [6.07, 6.45) is 7.82. The second-order valence-electron chi connectivity index (χ2n) is 6.80. The van der Waals surface area contributed by atoms with Gasteiger partial charge < -0.3 is 5.11 Å². The smallest absolute Gasteiger partial charge is 0.307 e. The summed E-state index contributed by atoms with van der Waals surface area (Å²) in [5, 5.41) is 9.91. The molecular formula is C23H30O2. The topological polar surface area (TPSA) is 37.3 Å². The van der Waals surface area contributed by atoms with Gasteiger partial charge in [-0.15, -0.1) is 0 Å². The van der Waals surface area contributed by atoms with Gasteiger partial charge in [0.1, 0.15) is 0 Å². The molecule has 0 bridgehead atoms. The summed E-state index contributed by atoms with van der Waals surface area (Å²) >= 11 is 0. The monoisotopic (exact) mass is 338 g/mol. The van der Waals surface area contributed by atoms with E-state index in [1.54, 1.807) is 0 Å². The van der Waals surface area contributed by atoms with Crippen LogP contribution in [-0.4, -0.2) is 11.1 Å². The fourth-order valence-electron chi connectivity index (χ4n) is 3.56. The number of carboxylic acids is 1. The minimum absolute atomic E-state index is 0.0875. The molecule has 0 aromatic heterocycles. The molecule has 1 N–H and O–H groups in total. The van der Waals surface area contributed by atoms with Crippen molar-refractivity contribution in [1.82, 2.24) is 0 Å². The molecule has 0 spiro atoms. The molecule has 134 valence electrons. The highest BCUT2D eigenvalue weighted by Crippen LogP contribution is 2.35. The minimum atomic E-state index is -0.689. The van der Waals surface area contributed by atoms with E-state index in [2.05, 4.69) is 31.2 Å². The number of hydrogen-bond donors (Lipinski definition) is 1. The largest absolute Gasteiger partial charge is 0.481 e. The van der Waals surface area contributed by atoms with E-state index in [9.17, 15) is 9.90 Å². The third kappa shape index (κ3) is 6.04. The number of carbonyl (C=O) groups is 1. The first kappa shape index (κ1) is 19.2. The Morgan fingerprint density at radius 2 is 1.28 bits per heavy atom. The molecule has 0 aliphatic rings. The molecule has 2 rings (SSSR count). The maximum absolute atomic E-state index is 12.1. The zero-order chi connectivity index (χ0) is 17.9. The van der Waals surface area contributed by atoms with E-state index in [0.717, 1.165) is 30.4 Å². The highest BCUT2D eigenvalue weighted by Gasteiger charge is 2.30. The molecule has 0 saturated carbocycles. The van der Waals surface area contributed by atoms with E-state index in [0.29, 0.717) is 0 Å². The van der Waals surface area contributed by atoms with Crippen molar-refractivity contribution in [3.05, 3.63) is 71.8 Å². The average Bonchev–Trinajstić information content (AvgIpc) is 2.65. The molecule has 0 radical (unpaired) electrons. The summed E-state index contributed by atoms with van der Waals surface area (Å²) in [6.45, 7) is 2.21. The highest BCUT2D eigenvalue weighted by atomic mass is 16.4. The van der Waals surface area contributed by atoms with Gasteiger partial charge in [0.05, 0.1) is 5.92 Å². The lowest BCUT2D eigenvalue weighted by Gasteiger charge is -2.25. The molecule has 1 atom stereocenters. The summed E-state index contributed by atoms with van der Waals surface area (Å²) in [5.41, 5.74) is 2.18. The van der Waals surface area contributed by atoms with Crippen LogP contribution in [0, 0.1) is 5.92 Å². The van der Waals surface area contributed by atoms with Gasteiger partial charge in [0, 0.05) is 5.92 Å². The lowest BCUT2D eigenvalue weighted by molar-refractivity contribution is -0.142. The van der Waals surface area contributed by atoms with Gasteiger partial charge in [-0.3, -0.25) is 4.79 Å². The first-order valence-electron chi connectivity index (χ1n) is 9.56. The quantitative estimate of drug-likeness (QED) is 0.490. The molecule has 0 amide bonds. The van der Waals surface area contributed by atoms with Gasteiger partial charge >= 0.3 is 5.97 Å². The lowest BCUT2D eigenvalue weighted by Crippen LogP contribution is -2.23. The van der Waals surface area contributed by atoms with Gasteiger partial charge in [-0.05, 0) is 17.5 Å². The van der Waals surface area contributed by atoms with Crippen LogP contribution < -0.4 is 0 Å². The predicted octanol–water partition coefficient (Wildman–Crippen LogP) is 6.27. The summed E-state index contributed by atoms with van der Waals surface area (Å²) < 4.78 is 0. The normalized spacial score (nSPS) is 12.2. The van der Waals surface area contributed by atoms with Crippen LogP contribution in [-0.2, 0) is 4.79 Å². The van der Waals surface area contributed by atoms with Crippen LogP contribution in [0.25, 0.3) is 0 Å². The van der Waals surface area contributed by atoms with E-state index >= 15 is 0 Å². The zero-order valence-corrected chi connectivity index (χ0v) is 15.2. The van der Waals surface area contributed by atoms with Crippen molar-refractivity contribution in [3.63, 3.8) is 0 Å². The van der Waals surface area contributed by atoms with E-state index in [1.807, 2.05) is 36.4 Å². The van der Waals surface area contributed by atoms with Gasteiger partial charge in [-0.1, -0.05) is 106 Å². The van der Waals surface area contributed by atoms with E-state index in [-0.39, 0.29) is 11.8 Å². The molecule has 0 aliphatic heterocycles. The summed E-state index contributed by atoms with van der Waals surface area (Å²) in [7, 11) is 0. The van der Waals surface area contributed by atoms with Crippen molar-refractivity contribution in [2.75, 3.05) is 0 Å². The van der Waals surface area contributed by atoms with Crippen molar-refractivity contribution in [2.45, 2.75) is 57.8 Å². The Hall–Kier alpha value is -2.09. The molecule has 0 aliphatic carbocycles. The number of rotatable bonds is 11. The van der Waals surface area contributed by atoms with E-state index in [1.165, 1.54) is 25.7 Å². The van der Waals surface area contributed by atoms with Gasteiger partial charge in [0.2, 0.25) is 0 Å². The highest BCUT2D eigenvalue weighted by molar-refractivity contribution is 5.72. The fraction of sp³-hybridized carbons (Fsp3) is 0.435. The molecule has 2 nitrogen and oxygen atoms in total. The Kier molecular flexibility index (Phi) is 8.24. The number of aliphatic carboxylic acids is 1. The summed E-state index contributed by atoms with van der Waals surface area (Å²) in [6, 6.07) is 20.1. The van der Waals surface area contributed by atoms with Crippen LogP contribution in [0.15, 0.2) is 60.7 Å². The second-order valence-corrected chi connectivity index (χ2v) is 6.80. The first-order valence-corrected chi connectivity index (χ1v) is 9.56. The SMILES string of the molecule is CCCCCCCCC(C(=O)O)C(c1ccccc1)c1ccccc1. The maximum atomic E-state index is 12.1. The fourth-order valence-corrected chi connectivity index (χ4v) is 3.56. The van der Waals surface area contributed by atoms with Gasteiger partial charge in [-0.2, -0.15) is 0 Å². The zero-order valence-electron chi connectivity index (χ0n) is 15.2. The van der Waals surface area contributed by atoms with E-state index < -0.39 is 5.97 Å². The minimum Gasteiger partial charge on any atom is -0.481 e. The number of unbranched alkanes of at least 4 members (excludes halogenated alkanes) is 5. The third-order valence-electron chi connectivity index (χ3n) is 4.91. The summed E-state index contributed by atoms with van der Waals surface area (Å²) in [4.78, 5) is 12.1. The standard InChI is InChI=1S/C23H30O2/c1-2-3-4-5-6-13-18-21(23(24)25)22(19-14-9-7-10-15-19)20-16-11-8-12-17-20/h7-12,14-17,21-22H,2-6,13,18H2,1H3,(H,24,25). The maximum Gasteiger partial charge on any atom is 0.307 e. The van der Waals surface area contributed by atoms with Crippen LogP contribution in [0.3, 0.4) is 0 Å². The van der Waals surface area contributed by atoms with Crippen molar-refractivity contribution in [3.8, 4) is 0 Å².